The van der Waals surface area contributed by atoms with Crippen molar-refractivity contribution in [3.8, 4) is 11.3 Å². The van der Waals surface area contributed by atoms with Crippen molar-refractivity contribution in [3.05, 3.63) is 45.3 Å². The summed E-state index contributed by atoms with van der Waals surface area (Å²) in [6.07, 6.45) is 1.74. The summed E-state index contributed by atoms with van der Waals surface area (Å²) >= 11 is 18.1. The lowest BCUT2D eigenvalue weighted by molar-refractivity contribution is 0.836. The Balaban J connectivity index is 2.52. The van der Waals surface area contributed by atoms with Crippen LogP contribution in [0.2, 0.25) is 15.2 Å². The molecule has 0 saturated carbocycles. The van der Waals surface area contributed by atoms with Gasteiger partial charge < -0.3 is 0 Å². The van der Waals surface area contributed by atoms with Crippen LogP contribution < -0.4 is 0 Å². The summed E-state index contributed by atoms with van der Waals surface area (Å²) < 4.78 is 0. The van der Waals surface area contributed by atoms with Gasteiger partial charge in [-0.1, -0.05) is 41.7 Å². The summed E-state index contributed by atoms with van der Waals surface area (Å²) in [6.45, 7) is 2.07. The van der Waals surface area contributed by atoms with E-state index < -0.39 is 0 Å². The zero-order valence-electron chi connectivity index (χ0n) is 9.75. The number of nitrogens with zero attached hydrogens (tertiary/aromatic N) is 2. The molecule has 5 heteroatoms. The van der Waals surface area contributed by atoms with Crippen LogP contribution in [0.15, 0.2) is 24.3 Å². The normalized spacial score (nSPS) is 10.7. The van der Waals surface area contributed by atoms with Crippen LogP contribution in [0.25, 0.3) is 11.3 Å². The monoisotopic (exact) mass is 300 g/mol. The first-order chi connectivity index (χ1) is 8.60. The number of rotatable bonds is 3. The number of hydrogen-bond donors (Lipinski definition) is 0. The van der Waals surface area contributed by atoms with Crippen molar-refractivity contribution in [2.24, 2.45) is 0 Å². The van der Waals surface area contributed by atoms with Crippen molar-refractivity contribution < 1.29 is 0 Å². The van der Waals surface area contributed by atoms with E-state index in [4.69, 9.17) is 34.8 Å². The first-order valence-electron chi connectivity index (χ1n) is 5.59. The van der Waals surface area contributed by atoms with Crippen molar-refractivity contribution in [2.75, 3.05) is 0 Å². The molecular formula is C13H11Cl3N2. The van der Waals surface area contributed by atoms with Gasteiger partial charge in [0, 0.05) is 23.1 Å². The van der Waals surface area contributed by atoms with E-state index in [1.54, 1.807) is 24.3 Å². The van der Waals surface area contributed by atoms with Gasteiger partial charge in [0.05, 0.1) is 10.7 Å². The minimum Gasteiger partial charge on any atom is -0.233 e. The average molecular weight is 302 g/mol. The van der Waals surface area contributed by atoms with Crippen molar-refractivity contribution in [1.29, 1.82) is 0 Å². The maximum Gasteiger partial charge on any atom is 0.133 e. The third-order valence-electron chi connectivity index (χ3n) is 2.42. The van der Waals surface area contributed by atoms with Crippen LogP contribution in [0.4, 0.5) is 0 Å². The predicted molar refractivity (Wildman–Crippen MR) is 76.5 cm³/mol. The Hall–Kier alpha value is -0.830. The first kappa shape index (κ1) is 13.6. The van der Waals surface area contributed by atoms with Gasteiger partial charge in [0.2, 0.25) is 0 Å². The SMILES string of the molecule is CCCc1nc(Cl)cc(-c2cc(Cl)ccc2Cl)n1. The van der Waals surface area contributed by atoms with Crippen LogP contribution in [0.5, 0.6) is 0 Å². The highest BCUT2D eigenvalue weighted by Crippen LogP contribution is 2.30. The third-order valence-corrected chi connectivity index (χ3v) is 3.18. The fraction of sp³-hybridized carbons (Fsp3) is 0.231. The van der Waals surface area contributed by atoms with Gasteiger partial charge in [0.15, 0.2) is 0 Å². The van der Waals surface area contributed by atoms with E-state index in [2.05, 4.69) is 16.9 Å². The molecule has 0 fully saturated rings. The minimum atomic E-state index is 0.416. The van der Waals surface area contributed by atoms with Crippen molar-refractivity contribution in [3.63, 3.8) is 0 Å². The van der Waals surface area contributed by atoms with Crippen LogP contribution in [-0.4, -0.2) is 9.97 Å². The third kappa shape index (κ3) is 3.14. The van der Waals surface area contributed by atoms with Gasteiger partial charge in [0.25, 0.3) is 0 Å². The summed E-state index contributed by atoms with van der Waals surface area (Å²) in [6, 6.07) is 6.95. The van der Waals surface area contributed by atoms with Gasteiger partial charge in [-0.15, -0.1) is 0 Å². The average Bonchev–Trinajstić information content (AvgIpc) is 2.32. The van der Waals surface area contributed by atoms with Crippen LogP contribution in [-0.2, 0) is 6.42 Å². The van der Waals surface area contributed by atoms with E-state index in [0.717, 1.165) is 24.2 Å². The molecule has 0 N–H and O–H groups in total. The number of halogens is 3. The summed E-state index contributed by atoms with van der Waals surface area (Å²) in [5.74, 6) is 0.719. The molecule has 0 aliphatic carbocycles. The topological polar surface area (TPSA) is 25.8 Å². The van der Waals surface area contributed by atoms with Gasteiger partial charge >= 0.3 is 0 Å². The van der Waals surface area contributed by atoms with Crippen molar-refractivity contribution in [1.82, 2.24) is 9.97 Å². The van der Waals surface area contributed by atoms with Gasteiger partial charge in [0.1, 0.15) is 11.0 Å². The molecule has 94 valence electrons. The van der Waals surface area contributed by atoms with Crippen molar-refractivity contribution >= 4 is 34.8 Å². The molecule has 0 bridgehead atoms. The summed E-state index contributed by atoms with van der Waals surface area (Å²) in [5.41, 5.74) is 1.47. The Bertz CT molecular complexity index is 570. The summed E-state index contributed by atoms with van der Waals surface area (Å²) in [7, 11) is 0. The lowest BCUT2D eigenvalue weighted by atomic mass is 10.1. The Morgan fingerprint density at radius 1 is 1.06 bits per heavy atom. The highest BCUT2D eigenvalue weighted by molar-refractivity contribution is 6.35. The zero-order valence-corrected chi connectivity index (χ0v) is 12.0. The lowest BCUT2D eigenvalue weighted by Gasteiger charge is -2.07. The summed E-state index contributed by atoms with van der Waals surface area (Å²) in [5, 5.41) is 1.62. The van der Waals surface area contributed by atoms with E-state index in [0.29, 0.717) is 20.9 Å². The van der Waals surface area contributed by atoms with E-state index >= 15 is 0 Å². The second-order valence-corrected chi connectivity index (χ2v) is 5.10. The van der Waals surface area contributed by atoms with Crippen LogP contribution in [0.3, 0.4) is 0 Å². The molecule has 1 aromatic carbocycles. The van der Waals surface area contributed by atoms with E-state index in [1.165, 1.54) is 0 Å². The van der Waals surface area contributed by atoms with E-state index in [-0.39, 0.29) is 0 Å². The molecule has 2 rings (SSSR count). The Morgan fingerprint density at radius 2 is 1.83 bits per heavy atom. The molecule has 1 aromatic heterocycles. The highest BCUT2D eigenvalue weighted by Gasteiger charge is 2.09. The Labute approximate surface area is 121 Å². The smallest absolute Gasteiger partial charge is 0.133 e. The first-order valence-corrected chi connectivity index (χ1v) is 6.72. The van der Waals surface area contributed by atoms with Crippen LogP contribution >= 0.6 is 34.8 Å². The molecule has 18 heavy (non-hydrogen) atoms. The Morgan fingerprint density at radius 3 is 2.56 bits per heavy atom. The Kier molecular flexibility index (Phi) is 4.44. The lowest BCUT2D eigenvalue weighted by Crippen LogP contribution is -1.97. The van der Waals surface area contributed by atoms with E-state index in [1.807, 2.05) is 0 Å². The molecule has 1 heterocycles. The quantitative estimate of drug-likeness (QED) is 0.741. The van der Waals surface area contributed by atoms with Gasteiger partial charge in [-0.3, -0.25) is 0 Å². The standard InChI is InChI=1S/C13H11Cl3N2/c1-2-3-13-17-11(7-12(16)18-13)9-6-8(14)4-5-10(9)15/h4-7H,2-3H2,1H3. The molecule has 2 aromatic rings. The molecule has 0 unspecified atom stereocenters. The van der Waals surface area contributed by atoms with Gasteiger partial charge in [-0.25, -0.2) is 9.97 Å². The van der Waals surface area contributed by atoms with Crippen LogP contribution in [0.1, 0.15) is 19.2 Å². The second-order valence-electron chi connectivity index (χ2n) is 3.87. The van der Waals surface area contributed by atoms with Crippen LogP contribution in [0, 0.1) is 0 Å². The molecule has 0 saturated heterocycles. The predicted octanol–water partition coefficient (Wildman–Crippen LogP) is 5.06. The molecular weight excluding hydrogens is 291 g/mol. The maximum absolute atomic E-state index is 6.15. The molecule has 2 nitrogen and oxygen atoms in total. The number of aromatic nitrogens is 2. The largest absolute Gasteiger partial charge is 0.233 e. The molecule has 0 amide bonds. The second kappa shape index (κ2) is 5.87. The number of aryl methyl sites for hydroxylation is 1. The fourth-order valence-corrected chi connectivity index (χ4v) is 2.22. The highest BCUT2D eigenvalue weighted by atomic mass is 35.5. The minimum absolute atomic E-state index is 0.416. The summed E-state index contributed by atoms with van der Waals surface area (Å²) in [4.78, 5) is 8.64. The molecule has 0 spiro atoms. The maximum atomic E-state index is 6.15. The molecule has 0 atom stereocenters. The zero-order chi connectivity index (χ0) is 13.1. The number of hydrogen-bond acceptors (Lipinski definition) is 2. The molecule has 0 aliphatic rings. The van der Waals surface area contributed by atoms with E-state index in [9.17, 15) is 0 Å². The molecule has 0 aliphatic heterocycles. The van der Waals surface area contributed by atoms with Gasteiger partial charge in [-0.2, -0.15) is 0 Å². The van der Waals surface area contributed by atoms with Crippen molar-refractivity contribution in [2.45, 2.75) is 19.8 Å². The number of benzene rings is 1. The fourth-order valence-electron chi connectivity index (χ4n) is 1.63. The molecule has 0 radical (unpaired) electrons. The van der Waals surface area contributed by atoms with Gasteiger partial charge in [-0.05, 0) is 24.6 Å².